The van der Waals surface area contributed by atoms with Gasteiger partial charge < -0.3 is 10.4 Å². The van der Waals surface area contributed by atoms with Gasteiger partial charge in [0, 0.05) is 17.1 Å². The van der Waals surface area contributed by atoms with Gasteiger partial charge in [-0.3, -0.25) is 4.79 Å². The van der Waals surface area contributed by atoms with Gasteiger partial charge in [0.25, 0.3) is 0 Å². The second kappa shape index (κ2) is 6.98. The quantitative estimate of drug-likeness (QED) is 0.760. The molecule has 0 radical (unpaired) electrons. The van der Waals surface area contributed by atoms with Crippen molar-refractivity contribution in [1.82, 2.24) is 5.32 Å². The van der Waals surface area contributed by atoms with E-state index >= 15 is 0 Å². The van der Waals surface area contributed by atoms with Crippen LogP contribution in [0.5, 0.6) is 0 Å². The summed E-state index contributed by atoms with van der Waals surface area (Å²) < 4.78 is 0. The van der Waals surface area contributed by atoms with E-state index in [1.54, 1.807) is 11.8 Å². The van der Waals surface area contributed by atoms with Crippen LogP contribution < -0.4 is 5.32 Å². The van der Waals surface area contributed by atoms with Gasteiger partial charge in [0.05, 0.1) is 0 Å². The van der Waals surface area contributed by atoms with Crippen LogP contribution in [0.2, 0.25) is 0 Å². The zero-order chi connectivity index (χ0) is 15.4. The molecule has 1 atom stereocenters. The van der Waals surface area contributed by atoms with E-state index < -0.39 is 12.0 Å². The third-order valence-corrected chi connectivity index (χ3v) is 4.75. The van der Waals surface area contributed by atoms with Crippen molar-refractivity contribution in [3.8, 4) is 0 Å². The number of aliphatic carboxylic acids is 1. The maximum atomic E-state index is 11.8. The predicted octanol–water partition coefficient (Wildman–Crippen LogP) is 2.77. The molecule has 0 saturated heterocycles. The molecule has 0 heterocycles. The Labute approximate surface area is 129 Å². The number of carboxylic acid groups (broad SMARTS) is 1. The van der Waals surface area contributed by atoms with Gasteiger partial charge in [0.1, 0.15) is 6.04 Å². The molecule has 0 aliphatic heterocycles. The first-order valence-corrected chi connectivity index (χ1v) is 8.18. The molecular formula is C16H21NO3S. The molecule has 1 aliphatic carbocycles. The fourth-order valence-electron chi connectivity index (χ4n) is 2.12. The Morgan fingerprint density at radius 2 is 2.05 bits per heavy atom. The monoisotopic (exact) mass is 307 g/mol. The molecule has 2 rings (SSSR count). The van der Waals surface area contributed by atoms with E-state index in [1.807, 2.05) is 0 Å². The Bertz CT molecular complexity index is 540. The lowest BCUT2D eigenvalue weighted by Crippen LogP contribution is -2.42. The fraction of sp³-hybridized carbons (Fsp3) is 0.500. The van der Waals surface area contributed by atoms with Gasteiger partial charge in [-0.25, -0.2) is 4.79 Å². The summed E-state index contributed by atoms with van der Waals surface area (Å²) in [6.45, 7) is 4.14. The van der Waals surface area contributed by atoms with E-state index in [9.17, 15) is 9.59 Å². The standard InChI is InChI=1S/C16H21NO3S/c1-10-3-6-13(9-11(10)2)21-8-7-14(18)17-15(16(19)20)12-4-5-12/h3,6,9,12,15H,4-5,7-8H2,1-2H3,(H,17,18)(H,19,20). The number of amides is 1. The molecule has 1 unspecified atom stereocenters. The number of thioether (sulfide) groups is 1. The molecule has 114 valence electrons. The minimum atomic E-state index is -0.923. The molecule has 1 amide bonds. The van der Waals surface area contributed by atoms with Crippen LogP contribution >= 0.6 is 11.8 Å². The number of benzene rings is 1. The number of carboxylic acids is 1. The Balaban J connectivity index is 1.76. The molecule has 0 aromatic heterocycles. The van der Waals surface area contributed by atoms with Gasteiger partial charge in [-0.2, -0.15) is 0 Å². The highest BCUT2D eigenvalue weighted by Gasteiger charge is 2.37. The predicted molar refractivity (Wildman–Crippen MR) is 83.5 cm³/mol. The van der Waals surface area contributed by atoms with E-state index in [0.717, 1.165) is 17.7 Å². The highest BCUT2D eigenvalue weighted by Crippen LogP contribution is 2.32. The highest BCUT2D eigenvalue weighted by molar-refractivity contribution is 7.99. The number of rotatable bonds is 7. The minimum Gasteiger partial charge on any atom is -0.480 e. The lowest BCUT2D eigenvalue weighted by atomic mass is 10.1. The second-order valence-electron chi connectivity index (χ2n) is 5.57. The summed E-state index contributed by atoms with van der Waals surface area (Å²) in [5, 5.41) is 11.7. The average Bonchev–Trinajstić information content (AvgIpc) is 3.24. The third-order valence-electron chi connectivity index (χ3n) is 3.75. The van der Waals surface area contributed by atoms with Crippen LogP contribution in [0, 0.1) is 19.8 Å². The molecule has 1 aliphatic rings. The van der Waals surface area contributed by atoms with Crippen LogP contribution in [0.3, 0.4) is 0 Å². The third kappa shape index (κ3) is 4.77. The zero-order valence-corrected chi connectivity index (χ0v) is 13.2. The van der Waals surface area contributed by atoms with Crippen LogP contribution in [0.1, 0.15) is 30.4 Å². The molecule has 0 bridgehead atoms. The minimum absolute atomic E-state index is 0.124. The van der Waals surface area contributed by atoms with Gasteiger partial charge in [0.15, 0.2) is 0 Å². The van der Waals surface area contributed by atoms with Crippen molar-refractivity contribution in [1.29, 1.82) is 0 Å². The Morgan fingerprint density at radius 1 is 1.33 bits per heavy atom. The molecule has 1 saturated carbocycles. The number of hydrogen-bond acceptors (Lipinski definition) is 3. The summed E-state index contributed by atoms with van der Waals surface area (Å²) in [6, 6.07) is 5.53. The largest absolute Gasteiger partial charge is 0.480 e. The van der Waals surface area contributed by atoms with E-state index in [2.05, 4.69) is 37.4 Å². The molecule has 4 nitrogen and oxygen atoms in total. The van der Waals surface area contributed by atoms with Crippen LogP contribution in [-0.4, -0.2) is 28.8 Å². The number of aryl methyl sites for hydroxylation is 2. The lowest BCUT2D eigenvalue weighted by Gasteiger charge is -2.13. The number of carbonyl (C=O) groups is 2. The lowest BCUT2D eigenvalue weighted by molar-refractivity contribution is -0.142. The van der Waals surface area contributed by atoms with Gasteiger partial charge in [-0.05, 0) is 55.9 Å². The summed E-state index contributed by atoms with van der Waals surface area (Å²) in [4.78, 5) is 24.0. The van der Waals surface area contributed by atoms with Gasteiger partial charge in [-0.1, -0.05) is 6.07 Å². The average molecular weight is 307 g/mol. The van der Waals surface area contributed by atoms with E-state index in [1.165, 1.54) is 11.1 Å². The smallest absolute Gasteiger partial charge is 0.326 e. The summed E-state index contributed by atoms with van der Waals surface area (Å²) in [7, 11) is 0. The molecule has 21 heavy (non-hydrogen) atoms. The number of carbonyl (C=O) groups excluding carboxylic acids is 1. The Hall–Kier alpha value is -1.49. The van der Waals surface area contributed by atoms with E-state index in [4.69, 9.17) is 5.11 Å². The molecule has 1 fully saturated rings. The SMILES string of the molecule is Cc1ccc(SCCC(=O)NC(C(=O)O)C2CC2)cc1C. The van der Waals surface area contributed by atoms with Crippen molar-refractivity contribution in [2.24, 2.45) is 5.92 Å². The van der Waals surface area contributed by atoms with E-state index in [0.29, 0.717) is 12.2 Å². The van der Waals surface area contributed by atoms with E-state index in [-0.39, 0.29) is 11.8 Å². The summed E-state index contributed by atoms with van der Waals surface area (Å²) in [5.74, 6) is -0.317. The molecule has 1 aromatic rings. The fourth-order valence-corrected chi connectivity index (χ4v) is 3.07. The van der Waals surface area contributed by atoms with Crippen molar-refractivity contribution < 1.29 is 14.7 Å². The Morgan fingerprint density at radius 3 is 2.62 bits per heavy atom. The maximum Gasteiger partial charge on any atom is 0.326 e. The van der Waals surface area contributed by atoms with Crippen LogP contribution in [0.25, 0.3) is 0 Å². The molecule has 1 aromatic carbocycles. The first-order valence-electron chi connectivity index (χ1n) is 7.19. The Kier molecular flexibility index (Phi) is 5.28. The normalized spacial score (nSPS) is 15.5. The van der Waals surface area contributed by atoms with Gasteiger partial charge in [0.2, 0.25) is 5.91 Å². The maximum absolute atomic E-state index is 11.8. The molecule has 2 N–H and O–H groups in total. The van der Waals surface area contributed by atoms with Crippen molar-refractivity contribution in [2.45, 2.75) is 44.0 Å². The zero-order valence-electron chi connectivity index (χ0n) is 12.4. The van der Waals surface area contributed by atoms with Crippen molar-refractivity contribution in [3.05, 3.63) is 29.3 Å². The van der Waals surface area contributed by atoms with Crippen molar-refractivity contribution in [3.63, 3.8) is 0 Å². The summed E-state index contributed by atoms with van der Waals surface area (Å²) >= 11 is 1.62. The second-order valence-corrected chi connectivity index (χ2v) is 6.73. The van der Waals surface area contributed by atoms with Crippen molar-refractivity contribution >= 4 is 23.6 Å². The number of hydrogen-bond donors (Lipinski definition) is 2. The first-order chi connectivity index (χ1) is 9.97. The van der Waals surface area contributed by atoms with Crippen LogP contribution in [0.4, 0.5) is 0 Å². The first kappa shape index (κ1) is 15.9. The molecular weight excluding hydrogens is 286 g/mol. The molecule has 5 heteroatoms. The highest BCUT2D eigenvalue weighted by atomic mass is 32.2. The summed E-state index contributed by atoms with van der Waals surface area (Å²) in [6.07, 6.45) is 2.14. The van der Waals surface area contributed by atoms with Gasteiger partial charge in [-0.15, -0.1) is 11.8 Å². The van der Waals surface area contributed by atoms with Crippen molar-refractivity contribution in [2.75, 3.05) is 5.75 Å². The van der Waals surface area contributed by atoms with Crippen LogP contribution in [-0.2, 0) is 9.59 Å². The molecule has 0 spiro atoms. The summed E-state index contributed by atoms with van der Waals surface area (Å²) in [5.41, 5.74) is 2.50. The topological polar surface area (TPSA) is 66.4 Å². The number of nitrogens with one attached hydrogen (secondary N) is 1. The van der Waals surface area contributed by atoms with Crippen LogP contribution in [0.15, 0.2) is 23.1 Å². The van der Waals surface area contributed by atoms with Gasteiger partial charge >= 0.3 is 5.97 Å².